The third-order valence-corrected chi connectivity index (χ3v) is 4.61. The van der Waals surface area contributed by atoms with Gasteiger partial charge in [-0.05, 0) is 36.8 Å². The second-order valence-corrected chi connectivity index (χ2v) is 6.36. The maximum Gasteiger partial charge on any atom is 0.224 e. The van der Waals surface area contributed by atoms with Crippen molar-refractivity contribution in [1.82, 2.24) is 9.88 Å². The first-order chi connectivity index (χ1) is 12.5. The first-order valence-corrected chi connectivity index (χ1v) is 8.57. The molecule has 5 heteroatoms. The minimum atomic E-state index is -0.192. The van der Waals surface area contributed by atoms with Crippen molar-refractivity contribution in [1.29, 1.82) is 0 Å². The van der Waals surface area contributed by atoms with Crippen LogP contribution in [0.3, 0.4) is 0 Å². The third kappa shape index (κ3) is 3.52. The van der Waals surface area contributed by atoms with Gasteiger partial charge in [-0.25, -0.2) is 0 Å². The Morgan fingerprint density at radius 3 is 2.65 bits per heavy atom. The van der Waals surface area contributed by atoms with Gasteiger partial charge in [0, 0.05) is 29.7 Å². The summed E-state index contributed by atoms with van der Waals surface area (Å²) in [6.07, 6.45) is 2.35. The largest absolute Gasteiger partial charge is 0.497 e. The van der Waals surface area contributed by atoms with Crippen LogP contribution in [0.5, 0.6) is 11.5 Å². The molecule has 1 aromatic heterocycles. The fraction of sp³-hybridized carbons (Fsp3) is 0.286. The molecule has 136 valence electrons. The molecule has 0 aliphatic heterocycles. The van der Waals surface area contributed by atoms with Crippen molar-refractivity contribution in [2.75, 3.05) is 14.2 Å². The number of para-hydroxylation sites is 1. The van der Waals surface area contributed by atoms with E-state index in [1.807, 2.05) is 61.1 Å². The Labute approximate surface area is 153 Å². The SMILES string of the molecule is COc1ccc(OC)c(C(C)NC(=O)Cc2cn(C)c3ccccc23)c1. The van der Waals surface area contributed by atoms with Crippen molar-refractivity contribution in [2.24, 2.45) is 7.05 Å². The van der Waals surface area contributed by atoms with Crippen LogP contribution in [0.2, 0.25) is 0 Å². The second kappa shape index (κ2) is 7.52. The van der Waals surface area contributed by atoms with Gasteiger partial charge >= 0.3 is 0 Å². The number of aryl methyl sites for hydroxylation is 1. The number of carbonyl (C=O) groups excluding carboxylic acids is 1. The number of hydrogen-bond acceptors (Lipinski definition) is 3. The van der Waals surface area contributed by atoms with E-state index >= 15 is 0 Å². The lowest BCUT2D eigenvalue weighted by atomic mass is 10.1. The standard InChI is InChI=1S/C21H24N2O3/c1-14(18-12-16(25-3)9-10-20(18)26-4)22-21(24)11-15-13-23(2)19-8-6-5-7-17(15)19/h5-10,12-14H,11H2,1-4H3,(H,22,24). The average molecular weight is 352 g/mol. The lowest BCUT2D eigenvalue weighted by Crippen LogP contribution is -2.28. The van der Waals surface area contributed by atoms with E-state index in [2.05, 4.69) is 11.4 Å². The van der Waals surface area contributed by atoms with Gasteiger partial charge in [0.2, 0.25) is 5.91 Å². The number of ether oxygens (including phenoxy) is 2. The Morgan fingerprint density at radius 2 is 1.92 bits per heavy atom. The summed E-state index contributed by atoms with van der Waals surface area (Å²) in [4.78, 5) is 12.6. The number of aromatic nitrogens is 1. The summed E-state index contributed by atoms with van der Waals surface area (Å²) in [6.45, 7) is 1.94. The number of carbonyl (C=O) groups is 1. The first-order valence-electron chi connectivity index (χ1n) is 8.57. The summed E-state index contributed by atoms with van der Waals surface area (Å²) in [5, 5.41) is 4.17. The van der Waals surface area contributed by atoms with Gasteiger partial charge in [-0.3, -0.25) is 4.79 Å². The van der Waals surface area contributed by atoms with E-state index in [0.29, 0.717) is 6.42 Å². The van der Waals surface area contributed by atoms with Crippen molar-refractivity contribution in [3.8, 4) is 11.5 Å². The summed E-state index contributed by atoms with van der Waals surface area (Å²) >= 11 is 0. The van der Waals surface area contributed by atoms with Crippen LogP contribution in [0.25, 0.3) is 10.9 Å². The summed E-state index contributed by atoms with van der Waals surface area (Å²) in [7, 11) is 5.23. The predicted molar refractivity (Wildman–Crippen MR) is 103 cm³/mol. The Hall–Kier alpha value is -2.95. The smallest absolute Gasteiger partial charge is 0.224 e. The second-order valence-electron chi connectivity index (χ2n) is 6.36. The van der Waals surface area contributed by atoms with E-state index in [1.54, 1.807) is 14.2 Å². The van der Waals surface area contributed by atoms with Gasteiger partial charge in [-0.2, -0.15) is 0 Å². The zero-order chi connectivity index (χ0) is 18.7. The van der Waals surface area contributed by atoms with Gasteiger partial charge in [0.25, 0.3) is 0 Å². The number of benzene rings is 2. The molecule has 3 rings (SSSR count). The molecule has 1 atom stereocenters. The number of fused-ring (bicyclic) bond motifs is 1. The molecule has 0 saturated carbocycles. The molecule has 0 spiro atoms. The Morgan fingerprint density at radius 1 is 1.15 bits per heavy atom. The third-order valence-electron chi connectivity index (χ3n) is 4.61. The normalized spacial score (nSPS) is 12.0. The molecule has 2 aromatic carbocycles. The van der Waals surface area contributed by atoms with Gasteiger partial charge in [0.1, 0.15) is 11.5 Å². The van der Waals surface area contributed by atoms with Crippen LogP contribution in [0, 0.1) is 0 Å². The van der Waals surface area contributed by atoms with Crippen LogP contribution in [-0.2, 0) is 18.3 Å². The Kier molecular flexibility index (Phi) is 5.16. The molecule has 1 unspecified atom stereocenters. The molecule has 0 saturated heterocycles. The van der Waals surface area contributed by atoms with E-state index in [1.165, 1.54) is 0 Å². The number of rotatable bonds is 6. The molecule has 3 aromatic rings. The zero-order valence-electron chi connectivity index (χ0n) is 15.6. The Bertz CT molecular complexity index is 930. The van der Waals surface area contributed by atoms with Crippen molar-refractivity contribution >= 4 is 16.8 Å². The molecule has 1 N–H and O–H groups in total. The van der Waals surface area contributed by atoms with E-state index in [4.69, 9.17) is 9.47 Å². The van der Waals surface area contributed by atoms with E-state index in [-0.39, 0.29) is 11.9 Å². The molecule has 5 nitrogen and oxygen atoms in total. The molecular formula is C21H24N2O3. The highest BCUT2D eigenvalue weighted by Crippen LogP contribution is 2.29. The van der Waals surface area contributed by atoms with Crippen LogP contribution in [0.15, 0.2) is 48.7 Å². The molecular weight excluding hydrogens is 328 g/mol. The lowest BCUT2D eigenvalue weighted by Gasteiger charge is -2.18. The monoisotopic (exact) mass is 352 g/mol. The van der Waals surface area contributed by atoms with Crippen molar-refractivity contribution < 1.29 is 14.3 Å². The topological polar surface area (TPSA) is 52.5 Å². The lowest BCUT2D eigenvalue weighted by molar-refractivity contribution is -0.121. The molecule has 0 aliphatic rings. The molecule has 1 amide bonds. The molecule has 26 heavy (non-hydrogen) atoms. The van der Waals surface area contributed by atoms with Gasteiger partial charge in [-0.15, -0.1) is 0 Å². The van der Waals surface area contributed by atoms with Crippen molar-refractivity contribution in [3.63, 3.8) is 0 Å². The van der Waals surface area contributed by atoms with Gasteiger partial charge in [-0.1, -0.05) is 18.2 Å². The highest BCUT2D eigenvalue weighted by Gasteiger charge is 2.17. The van der Waals surface area contributed by atoms with Crippen molar-refractivity contribution in [2.45, 2.75) is 19.4 Å². The molecule has 0 aliphatic carbocycles. The maximum atomic E-state index is 12.6. The number of nitrogens with zero attached hydrogens (tertiary/aromatic N) is 1. The van der Waals surface area contributed by atoms with Crippen LogP contribution >= 0.6 is 0 Å². The van der Waals surface area contributed by atoms with Crippen LogP contribution in [0.4, 0.5) is 0 Å². The summed E-state index contributed by atoms with van der Waals surface area (Å²) in [6, 6.07) is 13.5. The van der Waals surface area contributed by atoms with Gasteiger partial charge < -0.3 is 19.4 Å². The molecule has 0 bridgehead atoms. The fourth-order valence-electron chi connectivity index (χ4n) is 3.29. The molecule has 0 radical (unpaired) electrons. The maximum absolute atomic E-state index is 12.6. The van der Waals surface area contributed by atoms with Crippen LogP contribution in [0.1, 0.15) is 24.1 Å². The predicted octanol–water partition coefficient (Wildman–Crippen LogP) is 3.62. The van der Waals surface area contributed by atoms with Crippen LogP contribution < -0.4 is 14.8 Å². The van der Waals surface area contributed by atoms with E-state index in [0.717, 1.165) is 33.5 Å². The summed E-state index contributed by atoms with van der Waals surface area (Å²) < 4.78 is 12.7. The highest BCUT2D eigenvalue weighted by atomic mass is 16.5. The van der Waals surface area contributed by atoms with E-state index in [9.17, 15) is 4.79 Å². The number of hydrogen-bond donors (Lipinski definition) is 1. The average Bonchev–Trinajstić information content (AvgIpc) is 2.97. The number of nitrogens with one attached hydrogen (secondary N) is 1. The minimum absolute atomic E-state index is 0.0290. The first kappa shape index (κ1) is 17.9. The quantitative estimate of drug-likeness (QED) is 0.737. The fourth-order valence-corrected chi connectivity index (χ4v) is 3.29. The zero-order valence-corrected chi connectivity index (χ0v) is 15.6. The van der Waals surface area contributed by atoms with Crippen LogP contribution in [-0.4, -0.2) is 24.7 Å². The number of methoxy groups -OCH3 is 2. The summed E-state index contributed by atoms with van der Waals surface area (Å²) in [5.41, 5.74) is 3.03. The molecule has 1 heterocycles. The van der Waals surface area contributed by atoms with Gasteiger partial charge in [0.05, 0.1) is 26.7 Å². The highest BCUT2D eigenvalue weighted by molar-refractivity contribution is 5.89. The Balaban J connectivity index is 1.77. The summed E-state index contributed by atoms with van der Waals surface area (Å²) in [5.74, 6) is 1.43. The van der Waals surface area contributed by atoms with Crippen molar-refractivity contribution in [3.05, 3.63) is 59.8 Å². The van der Waals surface area contributed by atoms with Gasteiger partial charge in [0.15, 0.2) is 0 Å². The minimum Gasteiger partial charge on any atom is -0.497 e. The number of amides is 1. The van der Waals surface area contributed by atoms with E-state index < -0.39 is 0 Å². The molecule has 0 fully saturated rings.